The van der Waals surface area contributed by atoms with Gasteiger partial charge in [-0.15, -0.1) is 0 Å². The van der Waals surface area contributed by atoms with Gasteiger partial charge in [-0.3, -0.25) is 9.59 Å². The molecule has 0 fully saturated rings. The van der Waals surface area contributed by atoms with Crippen molar-refractivity contribution < 1.29 is 19.8 Å². The zero-order valence-electron chi connectivity index (χ0n) is 16.1. The van der Waals surface area contributed by atoms with Gasteiger partial charge in [-0.05, 0) is 42.8 Å². The third-order valence-corrected chi connectivity index (χ3v) is 5.22. The highest BCUT2D eigenvalue weighted by Crippen LogP contribution is 2.37. The Bertz CT molecular complexity index is 1080. The number of benzene rings is 3. The second-order valence-corrected chi connectivity index (χ2v) is 7.08. The molecule has 0 atom stereocenters. The van der Waals surface area contributed by atoms with Crippen molar-refractivity contribution in [2.75, 3.05) is 36.1 Å². The largest absolute Gasteiger partial charge is 0.395 e. The summed E-state index contributed by atoms with van der Waals surface area (Å²) in [6.45, 7) is 2.47. The van der Waals surface area contributed by atoms with Gasteiger partial charge in [0, 0.05) is 40.7 Å². The van der Waals surface area contributed by atoms with Crippen LogP contribution in [0.2, 0.25) is 0 Å². The lowest BCUT2D eigenvalue weighted by Crippen LogP contribution is -2.40. The maximum absolute atomic E-state index is 13.3. The maximum atomic E-state index is 13.3. The van der Waals surface area contributed by atoms with Crippen LogP contribution in [0, 0.1) is 6.92 Å². The van der Waals surface area contributed by atoms with E-state index in [1.165, 1.54) is 4.90 Å². The molecule has 1 aliphatic rings. The van der Waals surface area contributed by atoms with E-state index in [0.717, 1.165) is 16.6 Å². The number of aliphatic hydroxyl groups excluding tert-OH is 2. The van der Waals surface area contributed by atoms with Crippen LogP contribution in [0.5, 0.6) is 0 Å². The highest BCUT2D eigenvalue weighted by Gasteiger charge is 2.34. The van der Waals surface area contributed by atoms with Crippen molar-refractivity contribution in [2.24, 2.45) is 0 Å². The minimum atomic E-state index is -0.355. The van der Waals surface area contributed by atoms with Crippen LogP contribution in [-0.2, 0) is 0 Å². The Balaban J connectivity index is 1.90. The van der Waals surface area contributed by atoms with Crippen LogP contribution in [0.3, 0.4) is 0 Å². The summed E-state index contributed by atoms with van der Waals surface area (Å²) in [7, 11) is 0. The number of carbonyl (C=O) groups excluding carboxylic acids is 2. The molecular formula is C23H22N2O4. The van der Waals surface area contributed by atoms with Crippen molar-refractivity contribution in [1.82, 2.24) is 0 Å². The van der Waals surface area contributed by atoms with Gasteiger partial charge in [0.05, 0.1) is 18.9 Å². The fraction of sp³-hybridized carbons (Fsp3) is 0.217. The van der Waals surface area contributed by atoms with Crippen LogP contribution in [0.4, 0.5) is 11.4 Å². The first-order chi connectivity index (χ1) is 14.1. The van der Waals surface area contributed by atoms with E-state index in [9.17, 15) is 19.8 Å². The number of imide groups is 1. The number of hydrogen-bond donors (Lipinski definition) is 2. The number of aryl methyl sites for hydroxylation is 1. The molecule has 0 saturated carbocycles. The van der Waals surface area contributed by atoms with Crippen LogP contribution < -0.4 is 9.80 Å². The summed E-state index contributed by atoms with van der Waals surface area (Å²) in [6.07, 6.45) is 0. The van der Waals surface area contributed by atoms with Crippen LogP contribution in [-0.4, -0.2) is 48.3 Å². The standard InChI is InChI=1S/C23H22N2O4/c1-15-4-2-5-16(14-15)25-22(28)18-7-3-6-17-20(24(10-12-26)11-13-27)9-8-19(21(17)18)23(25)29/h2-9,14,26-27H,10-13H2,1H3. The van der Waals surface area contributed by atoms with Gasteiger partial charge in [-0.25, -0.2) is 4.90 Å². The highest BCUT2D eigenvalue weighted by atomic mass is 16.3. The normalized spacial score (nSPS) is 13.3. The van der Waals surface area contributed by atoms with Crippen LogP contribution in [0.1, 0.15) is 26.3 Å². The van der Waals surface area contributed by atoms with Crippen LogP contribution >= 0.6 is 0 Å². The van der Waals surface area contributed by atoms with Gasteiger partial charge in [-0.1, -0.05) is 24.3 Å². The lowest BCUT2D eigenvalue weighted by atomic mass is 9.92. The van der Waals surface area contributed by atoms with E-state index in [-0.39, 0.29) is 25.0 Å². The molecule has 0 bridgehead atoms. The molecule has 0 radical (unpaired) electrons. The molecule has 148 valence electrons. The van der Waals surface area contributed by atoms with Crippen molar-refractivity contribution >= 4 is 34.0 Å². The van der Waals surface area contributed by atoms with Gasteiger partial charge in [0.25, 0.3) is 11.8 Å². The van der Waals surface area contributed by atoms with Crippen LogP contribution in [0.25, 0.3) is 10.8 Å². The van der Waals surface area contributed by atoms with E-state index in [2.05, 4.69) is 0 Å². The Morgan fingerprint density at radius 1 is 0.862 bits per heavy atom. The summed E-state index contributed by atoms with van der Waals surface area (Å²) >= 11 is 0. The molecule has 4 rings (SSSR count). The lowest BCUT2D eigenvalue weighted by molar-refractivity contribution is 0.0893. The Labute approximate surface area is 168 Å². The van der Waals surface area contributed by atoms with E-state index in [4.69, 9.17) is 0 Å². The second-order valence-electron chi connectivity index (χ2n) is 7.08. The maximum Gasteiger partial charge on any atom is 0.265 e. The molecular weight excluding hydrogens is 368 g/mol. The molecule has 2 amide bonds. The van der Waals surface area contributed by atoms with Gasteiger partial charge in [0.15, 0.2) is 0 Å². The van der Waals surface area contributed by atoms with Crippen molar-refractivity contribution in [3.05, 3.63) is 71.3 Å². The average molecular weight is 390 g/mol. The molecule has 3 aromatic rings. The molecule has 6 nitrogen and oxygen atoms in total. The topological polar surface area (TPSA) is 81.1 Å². The number of nitrogens with zero attached hydrogens (tertiary/aromatic N) is 2. The van der Waals surface area contributed by atoms with E-state index in [1.54, 1.807) is 24.3 Å². The highest BCUT2D eigenvalue weighted by molar-refractivity contribution is 6.36. The minimum Gasteiger partial charge on any atom is -0.395 e. The van der Waals surface area contributed by atoms with Gasteiger partial charge in [0.1, 0.15) is 0 Å². The summed E-state index contributed by atoms with van der Waals surface area (Å²) in [5.41, 5.74) is 3.22. The SMILES string of the molecule is Cc1cccc(N2C(=O)c3cccc4c(N(CCO)CCO)ccc(c34)C2=O)c1. The molecule has 0 aromatic heterocycles. The van der Waals surface area contributed by atoms with E-state index in [0.29, 0.717) is 35.3 Å². The van der Waals surface area contributed by atoms with Crippen molar-refractivity contribution in [2.45, 2.75) is 6.92 Å². The summed E-state index contributed by atoms with van der Waals surface area (Å²) in [6, 6.07) is 16.2. The smallest absolute Gasteiger partial charge is 0.265 e. The molecule has 0 aliphatic carbocycles. The van der Waals surface area contributed by atoms with E-state index < -0.39 is 0 Å². The van der Waals surface area contributed by atoms with Gasteiger partial charge >= 0.3 is 0 Å². The van der Waals surface area contributed by atoms with E-state index >= 15 is 0 Å². The molecule has 1 heterocycles. The van der Waals surface area contributed by atoms with Crippen LogP contribution in [0.15, 0.2) is 54.6 Å². The van der Waals surface area contributed by atoms with Gasteiger partial charge in [0.2, 0.25) is 0 Å². The predicted molar refractivity (Wildman–Crippen MR) is 113 cm³/mol. The molecule has 0 saturated heterocycles. The number of hydrogen-bond acceptors (Lipinski definition) is 5. The molecule has 3 aromatic carbocycles. The molecule has 0 spiro atoms. The average Bonchev–Trinajstić information content (AvgIpc) is 2.72. The second kappa shape index (κ2) is 7.66. The minimum absolute atomic E-state index is 0.0675. The number of carbonyl (C=O) groups is 2. The first kappa shape index (κ1) is 19.1. The molecule has 6 heteroatoms. The van der Waals surface area contributed by atoms with E-state index in [1.807, 2.05) is 42.2 Å². The zero-order chi connectivity index (χ0) is 20.5. The number of anilines is 2. The summed E-state index contributed by atoms with van der Waals surface area (Å²) in [4.78, 5) is 29.6. The number of rotatable bonds is 6. The first-order valence-electron chi connectivity index (χ1n) is 9.54. The third kappa shape index (κ3) is 3.16. The number of aliphatic hydroxyl groups is 2. The quantitative estimate of drug-likeness (QED) is 0.633. The Morgan fingerprint density at radius 3 is 2.17 bits per heavy atom. The summed E-state index contributed by atoms with van der Waals surface area (Å²) in [5, 5.41) is 20.2. The summed E-state index contributed by atoms with van der Waals surface area (Å²) < 4.78 is 0. The first-order valence-corrected chi connectivity index (χ1v) is 9.54. The monoisotopic (exact) mass is 390 g/mol. The fourth-order valence-corrected chi connectivity index (χ4v) is 3.95. The molecule has 2 N–H and O–H groups in total. The third-order valence-electron chi connectivity index (χ3n) is 5.22. The summed E-state index contributed by atoms with van der Waals surface area (Å²) in [5.74, 6) is -0.710. The molecule has 1 aliphatic heterocycles. The predicted octanol–water partition coefficient (Wildman–Crippen LogP) is 2.74. The van der Waals surface area contributed by atoms with Crippen molar-refractivity contribution in [3.8, 4) is 0 Å². The Kier molecular flexibility index (Phi) is 5.05. The van der Waals surface area contributed by atoms with Crippen molar-refractivity contribution in [3.63, 3.8) is 0 Å². The zero-order valence-corrected chi connectivity index (χ0v) is 16.1. The molecule has 29 heavy (non-hydrogen) atoms. The van der Waals surface area contributed by atoms with Gasteiger partial charge < -0.3 is 15.1 Å². The van der Waals surface area contributed by atoms with Crippen molar-refractivity contribution in [1.29, 1.82) is 0 Å². The fourth-order valence-electron chi connectivity index (χ4n) is 3.95. The molecule has 0 unspecified atom stereocenters. The Hall–Kier alpha value is -3.22. The Morgan fingerprint density at radius 2 is 1.52 bits per heavy atom. The number of amides is 2. The van der Waals surface area contributed by atoms with Gasteiger partial charge in [-0.2, -0.15) is 0 Å². The lowest BCUT2D eigenvalue weighted by Gasteiger charge is -2.30.